The Morgan fingerprint density at radius 2 is 1.98 bits per heavy atom. The third-order valence-electron chi connectivity index (χ3n) is 9.49. The van der Waals surface area contributed by atoms with Gasteiger partial charge in [0.1, 0.15) is 11.4 Å². The summed E-state index contributed by atoms with van der Waals surface area (Å²) >= 11 is 0. The molecule has 4 fully saturated rings. The van der Waals surface area contributed by atoms with Gasteiger partial charge in [0.2, 0.25) is 5.91 Å². The second kappa shape index (κ2) is 12.2. The standard InChI is InChI=1S/C31H33F2N11O4/c32-28(33)27-24(36-30(46)23-13-35-43-8-3-25(37-29(23)43)42-15-22-10-21(42)17-48-22)16-44(39-27)19-1-5-40(6-2-19)14-18-9-20(12-34-11-18)41-7-4-26(45)38-31(41)47/h3,8-9,11-13,16,19,21-22,28H,1-2,4-7,10,14-15,17H2,(H,36,46)(H,38,45,47)/t21-,22-/m1/s1. The number of nitrogens with zero attached hydrogens (tertiary/aromatic N) is 9. The van der Waals surface area contributed by atoms with Gasteiger partial charge in [-0.1, -0.05) is 0 Å². The first-order valence-corrected chi connectivity index (χ1v) is 16.0. The van der Waals surface area contributed by atoms with E-state index >= 15 is 0 Å². The highest BCUT2D eigenvalue weighted by molar-refractivity contribution is 6.08. The number of ether oxygens (including phenoxy) is 1. The highest BCUT2D eigenvalue weighted by Gasteiger charge is 2.40. The Labute approximate surface area is 272 Å². The van der Waals surface area contributed by atoms with Gasteiger partial charge in [-0.05, 0) is 37.0 Å². The van der Waals surface area contributed by atoms with Gasteiger partial charge in [0, 0.05) is 57.7 Å². The molecule has 8 rings (SSSR count). The van der Waals surface area contributed by atoms with E-state index in [0.29, 0.717) is 57.0 Å². The van der Waals surface area contributed by atoms with Crippen LogP contribution in [0.25, 0.3) is 5.65 Å². The summed E-state index contributed by atoms with van der Waals surface area (Å²) in [5, 5.41) is 13.4. The number of hydrogen-bond acceptors (Lipinski definition) is 10. The van der Waals surface area contributed by atoms with Crippen LogP contribution in [0.2, 0.25) is 0 Å². The Morgan fingerprint density at radius 1 is 1.12 bits per heavy atom. The molecule has 4 saturated heterocycles. The number of hydrogen-bond donors (Lipinski definition) is 2. The highest BCUT2D eigenvalue weighted by Crippen LogP contribution is 2.33. The van der Waals surface area contributed by atoms with Gasteiger partial charge in [-0.15, -0.1) is 0 Å². The summed E-state index contributed by atoms with van der Waals surface area (Å²) in [7, 11) is 0. The molecule has 17 heteroatoms. The van der Waals surface area contributed by atoms with Crippen molar-refractivity contribution in [2.75, 3.05) is 47.9 Å². The van der Waals surface area contributed by atoms with Crippen molar-refractivity contribution >= 4 is 40.7 Å². The van der Waals surface area contributed by atoms with Crippen LogP contribution in [0.15, 0.2) is 43.1 Å². The second-order valence-electron chi connectivity index (χ2n) is 12.6. The number of likely N-dealkylation sites (tertiary alicyclic amines) is 1. The number of alkyl halides is 2. The topological polar surface area (TPSA) is 155 Å². The van der Waals surface area contributed by atoms with Crippen LogP contribution in [-0.4, -0.2) is 97.0 Å². The number of piperidine rings is 1. The molecule has 2 bridgehead atoms. The van der Waals surface area contributed by atoms with Crippen molar-refractivity contribution in [1.82, 2.24) is 39.6 Å². The van der Waals surface area contributed by atoms with Gasteiger partial charge in [0.05, 0.1) is 48.6 Å². The van der Waals surface area contributed by atoms with Gasteiger partial charge in [0.25, 0.3) is 12.3 Å². The Hall–Kier alpha value is -5.03. The molecule has 250 valence electrons. The number of morpholine rings is 1. The lowest BCUT2D eigenvalue weighted by Crippen LogP contribution is -2.49. The molecule has 2 atom stereocenters. The van der Waals surface area contributed by atoms with Crippen molar-refractivity contribution in [3.05, 3.63) is 59.9 Å². The van der Waals surface area contributed by atoms with Gasteiger partial charge in [-0.25, -0.2) is 23.1 Å². The van der Waals surface area contributed by atoms with Crippen LogP contribution in [0.3, 0.4) is 0 Å². The quantitative estimate of drug-likeness (QED) is 0.288. The molecule has 0 spiro atoms. The number of carbonyl (C=O) groups excluding carboxylic acids is 3. The zero-order valence-corrected chi connectivity index (χ0v) is 25.8. The summed E-state index contributed by atoms with van der Waals surface area (Å²) in [5.41, 5.74) is 1.50. The summed E-state index contributed by atoms with van der Waals surface area (Å²) in [6.07, 6.45) is 7.71. The van der Waals surface area contributed by atoms with Crippen molar-refractivity contribution in [3.8, 4) is 0 Å². The molecule has 15 nitrogen and oxygen atoms in total. The largest absolute Gasteiger partial charge is 0.374 e. The summed E-state index contributed by atoms with van der Waals surface area (Å²) in [6, 6.07) is 3.37. The molecule has 4 aromatic rings. The van der Waals surface area contributed by atoms with E-state index in [1.165, 1.54) is 26.5 Å². The molecule has 8 heterocycles. The summed E-state index contributed by atoms with van der Waals surface area (Å²) in [4.78, 5) is 52.1. The van der Waals surface area contributed by atoms with Crippen LogP contribution >= 0.6 is 0 Å². The van der Waals surface area contributed by atoms with Crippen LogP contribution in [0, 0.1) is 0 Å². The minimum atomic E-state index is -2.89. The zero-order chi connectivity index (χ0) is 32.9. The van der Waals surface area contributed by atoms with E-state index in [2.05, 4.69) is 35.6 Å². The SMILES string of the molecule is O=C1CCN(c2cncc(CN3CCC(n4cc(NC(=O)c5cnn6ccc(N7C[C@H]8C[C@@H]7CO8)nc56)c(C(F)F)n4)CC3)c2)C(=O)N1. The van der Waals surface area contributed by atoms with E-state index in [-0.39, 0.29) is 41.8 Å². The average Bonchev–Trinajstić information content (AvgIpc) is 3.89. The number of aromatic nitrogens is 6. The maximum atomic E-state index is 14.1. The summed E-state index contributed by atoms with van der Waals surface area (Å²) in [6.45, 7) is 3.61. The molecule has 2 N–H and O–H groups in total. The minimum Gasteiger partial charge on any atom is -0.374 e. The number of pyridine rings is 1. The van der Waals surface area contributed by atoms with Crippen molar-refractivity contribution in [1.29, 1.82) is 0 Å². The first-order valence-electron chi connectivity index (χ1n) is 16.0. The molecular formula is C31H33F2N11O4. The van der Waals surface area contributed by atoms with Gasteiger partial charge in [-0.2, -0.15) is 10.2 Å². The summed E-state index contributed by atoms with van der Waals surface area (Å²) < 4.78 is 37.0. The van der Waals surface area contributed by atoms with E-state index in [4.69, 9.17) is 9.72 Å². The number of imide groups is 1. The normalized spacial score (nSPS) is 21.9. The molecular weight excluding hydrogens is 628 g/mol. The number of nitrogens with one attached hydrogen (secondary N) is 2. The number of rotatable bonds is 8. The number of carbonyl (C=O) groups is 3. The molecule has 4 aromatic heterocycles. The Bertz CT molecular complexity index is 1890. The lowest BCUT2D eigenvalue weighted by molar-refractivity contribution is -0.120. The fourth-order valence-electron chi connectivity index (χ4n) is 7.02. The van der Waals surface area contributed by atoms with Gasteiger partial charge >= 0.3 is 6.03 Å². The second-order valence-corrected chi connectivity index (χ2v) is 12.6. The van der Waals surface area contributed by atoms with Crippen LogP contribution in [-0.2, 0) is 16.1 Å². The van der Waals surface area contributed by atoms with E-state index in [0.717, 1.165) is 24.3 Å². The molecule has 4 amide bonds. The summed E-state index contributed by atoms with van der Waals surface area (Å²) in [5.74, 6) is -0.174. The molecule has 48 heavy (non-hydrogen) atoms. The maximum absolute atomic E-state index is 14.1. The average molecular weight is 662 g/mol. The monoisotopic (exact) mass is 661 g/mol. The maximum Gasteiger partial charge on any atom is 0.328 e. The first-order chi connectivity index (χ1) is 23.3. The van der Waals surface area contributed by atoms with E-state index in [1.54, 1.807) is 18.6 Å². The van der Waals surface area contributed by atoms with E-state index in [1.807, 2.05) is 12.1 Å². The molecule has 0 aromatic carbocycles. The van der Waals surface area contributed by atoms with Gasteiger partial charge in [0.15, 0.2) is 11.3 Å². The molecule has 4 aliphatic heterocycles. The van der Waals surface area contributed by atoms with Crippen LogP contribution in [0.1, 0.15) is 59.8 Å². The first kappa shape index (κ1) is 30.3. The fourth-order valence-corrected chi connectivity index (χ4v) is 7.02. The number of amides is 4. The van der Waals surface area contributed by atoms with Crippen LogP contribution in [0.4, 0.5) is 30.8 Å². The smallest absolute Gasteiger partial charge is 0.328 e. The molecule has 0 unspecified atom stereocenters. The van der Waals surface area contributed by atoms with E-state index in [9.17, 15) is 23.2 Å². The fraction of sp³-hybridized carbons (Fsp3) is 0.452. The van der Waals surface area contributed by atoms with Crippen molar-refractivity contribution in [2.24, 2.45) is 0 Å². The van der Waals surface area contributed by atoms with Crippen molar-refractivity contribution < 1.29 is 27.9 Å². The van der Waals surface area contributed by atoms with Crippen LogP contribution in [0.5, 0.6) is 0 Å². The molecule has 0 radical (unpaired) electrons. The van der Waals surface area contributed by atoms with E-state index < -0.39 is 24.1 Å². The minimum absolute atomic E-state index is 0.0479. The third-order valence-corrected chi connectivity index (χ3v) is 9.49. The number of urea groups is 1. The van der Waals surface area contributed by atoms with Crippen molar-refractivity contribution in [2.45, 2.75) is 56.8 Å². The number of anilines is 3. The Balaban J connectivity index is 0.926. The molecule has 0 aliphatic carbocycles. The predicted octanol–water partition coefficient (Wildman–Crippen LogP) is 2.77. The van der Waals surface area contributed by atoms with Crippen molar-refractivity contribution in [3.63, 3.8) is 0 Å². The Kier molecular flexibility index (Phi) is 7.71. The highest BCUT2D eigenvalue weighted by atomic mass is 19.3. The number of fused-ring (bicyclic) bond motifs is 3. The lowest BCUT2D eigenvalue weighted by Gasteiger charge is -2.32. The zero-order valence-electron chi connectivity index (χ0n) is 25.8. The molecule has 4 aliphatic rings. The lowest BCUT2D eigenvalue weighted by atomic mass is 10.0. The third kappa shape index (κ3) is 5.72. The van der Waals surface area contributed by atoms with Gasteiger partial charge < -0.3 is 15.0 Å². The Morgan fingerprint density at radius 3 is 2.73 bits per heavy atom. The number of halogens is 2. The molecule has 0 saturated carbocycles. The predicted molar refractivity (Wildman–Crippen MR) is 167 cm³/mol. The van der Waals surface area contributed by atoms with Gasteiger partial charge in [-0.3, -0.25) is 34.4 Å². The van der Waals surface area contributed by atoms with Crippen LogP contribution < -0.4 is 20.4 Å².